The molecule has 0 bridgehead atoms. The second-order valence-corrected chi connectivity index (χ2v) is 10.1. The second-order valence-electron chi connectivity index (χ2n) is 6.72. The first-order valence-electron chi connectivity index (χ1n) is 7.57. The second kappa shape index (κ2) is 6.55. The number of nitrogens with zero attached hydrogens (tertiary/aromatic N) is 1. The highest BCUT2D eigenvalue weighted by molar-refractivity contribution is 8.00. The van der Waals surface area contributed by atoms with Gasteiger partial charge in [-0.25, -0.2) is 8.42 Å². The van der Waals surface area contributed by atoms with Crippen molar-refractivity contribution in [1.82, 2.24) is 4.90 Å². The zero-order chi connectivity index (χ0) is 14.8. The van der Waals surface area contributed by atoms with Crippen LogP contribution in [0.15, 0.2) is 0 Å². The van der Waals surface area contributed by atoms with Crippen LogP contribution in [-0.4, -0.2) is 56.1 Å². The van der Waals surface area contributed by atoms with Crippen molar-refractivity contribution in [2.24, 2.45) is 17.1 Å². The summed E-state index contributed by atoms with van der Waals surface area (Å²) in [4.78, 5) is 2.19. The van der Waals surface area contributed by atoms with Gasteiger partial charge in [0.05, 0.1) is 0 Å². The molecule has 1 heterocycles. The van der Waals surface area contributed by atoms with Gasteiger partial charge >= 0.3 is 0 Å². The maximum atomic E-state index is 12.0. The van der Waals surface area contributed by atoms with Gasteiger partial charge in [0.15, 0.2) is 9.84 Å². The van der Waals surface area contributed by atoms with Gasteiger partial charge < -0.3 is 5.73 Å². The fraction of sp³-hybridized carbons (Fsp3) is 1.00. The summed E-state index contributed by atoms with van der Waals surface area (Å²) in [6.45, 7) is 4.71. The van der Waals surface area contributed by atoms with Gasteiger partial charge in [0.25, 0.3) is 0 Å². The lowest BCUT2D eigenvalue weighted by molar-refractivity contribution is 0.0927. The van der Waals surface area contributed by atoms with E-state index in [-0.39, 0.29) is 10.8 Å². The van der Waals surface area contributed by atoms with Gasteiger partial charge in [-0.2, -0.15) is 11.8 Å². The molecule has 1 saturated carbocycles. The lowest BCUT2D eigenvalue weighted by Gasteiger charge is -2.45. The lowest BCUT2D eigenvalue weighted by Crippen LogP contribution is -2.53. The molecule has 1 aliphatic carbocycles. The average Bonchev–Trinajstić information content (AvgIpc) is 2.41. The van der Waals surface area contributed by atoms with Crippen LogP contribution in [0.4, 0.5) is 0 Å². The van der Waals surface area contributed by atoms with Crippen LogP contribution in [-0.2, 0) is 9.84 Å². The molecule has 0 radical (unpaired) electrons. The van der Waals surface area contributed by atoms with Crippen LogP contribution >= 0.6 is 11.8 Å². The lowest BCUT2D eigenvalue weighted by atomic mass is 9.70. The normalized spacial score (nSPS) is 37.0. The van der Waals surface area contributed by atoms with Gasteiger partial charge in [-0.1, -0.05) is 19.8 Å². The van der Waals surface area contributed by atoms with E-state index in [0.717, 1.165) is 37.6 Å². The molecule has 2 aliphatic rings. The molecule has 4 nitrogen and oxygen atoms in total. The predicted octanol–water partition coefficient (Wildman–Crippen LogP) is 1.56. The molecule has 2 N–H and O–H groups in total. The van der Waals surface area contributed by atoms with Gasteiger partial charge in [0, 0.05) is 30.9 Å². The minimum Gasteiger partial charge on any atom is -0.330 e. The first-order valence-corrected chi connectivity index (χ1v) is 10.7. The Balaban J connectivity index is 2.09. The quantitative estimate of drug-likeness (QED) is 0.852. The SMILES string of the molecule is CC1CCC(CN)(CN2CCSCC2S(C)(=O)=O)CC1. The highest BCUT2D eigenvalue weighted by Crippen LogP contribution is 2.39. The summed E-state index contributed by atoms with van der Waals surface area (Å²) < 4.78 is 24.0. The Kier molecular flexibility index (Phi) is 5.43. The van der Waals surface area contributed by atoms with Gasteiger partial charge in [-0.05, 0) is 30.7 Å². The molecular formula is C14H28N2O2S2. The first-order chi connectivity index (χ1) is 9.36. The molecule has 118 valence electrons. The minimum atomic E-state index is -3.01. The molecule has 0 aromatic heterocycles. The molecule has 2 fully saturated rings. The summed E-state index contributed by atoms with van der Waals surface area (Å²) in [5, 5.41) is -0.316. The van der Waals surface area contributed by atoms with Crippen molar-refractivity contribution in [2.75, 3.05) is 37.4 Å². The van der Waals surface area contributed by atoms with Crippen molar-refractivity contribution >= 4 is 21.6 Å². The molecule has 1 aliphatic heterocycles. The van der Waals surface area contributed by atoms with E-state index in [1.54, 1.807) is 11.8 Å². The number of thioether (sulfide) groups is 1. The maximum absolute atomic E-state index is 12.0. The summed E-state index contributed by atoms with van der Waals surface area (Å²) in [5.74, 6) is 2.52. The van der Waals surface area contributed by atoms with Gasteiger partial charge in [-0.3, -0.25) is 4.90 Å². The molecule has 0 amide bonds. The number of rotatable bonds is 4. The first kappa shape index (κ1) is 16.6. The minimum absolute atomic E-state index is 0.136. The Morgan fingerprint density at radius 2 is 2.00 bits per heavy atom. The number of nitrogens with two attached hydrogens (primary N) is 1. The summed E-state index contributed by atoms with van der Waals surface area (Å²) in [7, 11) is -3.01. The third-order valence-corrected chi connectivity index (χ3v) is 7.68. The van der Waals surface area contributed by atoms with Crippen LogP contribution < -0.4 is 5.73 Å². The average molecular weight is 321 g/mol. The van der Waals surface area contributed by atoms with Crippen molar-refractivity contribution in [2.45, 2.75) is 38.0 Å². The Morgan fingerprint density at radius 3 is 2.55 bits per heavy atom. The van der Waals surface area contributed by atoms with Crippen molar-refractivity contribution < 1.29 is 8.42 Å². The Labute approximate surface area is 127 Å². The largest absolute Gasteiger partial charge is 0.330 e. The van der Waals surface area contributed by atoms with Crippen molar-refractivity contribution in [3.8, 4) is 0 Å². The molecule has 2 rings (SSSR count). The van der Waals surface area contributed by atoms with Crippen LogP contribution in [0.3, 0.4) is 0 Å². The zero-order valence-corrected chi connectivity index (χ0v) is 14.3. The van der Waals surface area contributed by atoms with Crippen molar-refractivity contribution in [3.63, 3.8) is 0 Å². The zero-order valence-electron chi connectivity index (χ0n) is 12.7. The third-order valence-electron chi connectivity index (χ3n) is 4.99. The van der Waals surface area contributed by atoms with Gasteiger partial charge in [0.1, 0.15) is 5.37 Å². The monoisotopic (exact) mass is 320 g/mol. The van der Waals surface area contributed by atoms with Gasteiger partial charge in [0.2, 0.25) is 0 Å². The van der Waals surface area contributed by atoms with E-state index >= 15 is 0 Å². The van der Waals surface area contributed by atoms with Crippen molar-refractivity contribution in [3.05, 3.63) is 0 Å². The van der Waals surface area contributed by atoms with E-state index in [4.69, 9.17) is 5.73 Å². The summed E-state index contributed by atoms with van der Waals surface area (Å²) in [5.41, 5.74) is 6.21. The van der Waals surface area contributed by atoms with Crippen LogP contribution in [0, 0.1) is 11.3 Å². The number of sulfone groups is 1. The van der Waals surface area contributed by atoms with Crippen LogP contribution in [0.5, 0.6) is 0 Å². The van der Waals surface area contributed by atoms with Crippen molar-refractivity contribution in [1.29, 1.82) is 0 Å². The molecule has 0 spiro atoms. The highest BCUT2D eigenvalue weighted by atomic mass is 32.2. The Hall–Kier alpha value is 0.220. The molecule has 1 saturated heterocycles. The number of hydrogen-bond acceptors (Lipinski definition) is 5. The fourth-order valence-electron chi connectivity index (χ4n) is 3.42. The Bertz CT molecular complexity index is 417. The van der Waals surface area contributed by atoms with Crippen LogP contribution in [0.25, 0.3) is 0 Å². The maximum Gasteiger partial charge on any atom is 0.164 e. The topological polar surface area (TPSA) is 63.4 Å². The molecule has 0 aromatic rings. The predicted molar refractivity (Wildman–Crippen MR) is 86.6 cm³/mol. The molecule has 1 unspecified atom stereocenters. The highest BCUT2D eigenvalue weighted by Gasteiger charge is 2.39. The molecule has 20 heavy (non-hydrogen) atoms. The summed E-state index contributed by atoms with van der Waals surface area (Å²) in [6.07, 6.45) is 6.11. The van der Waals surface area contributed by atoms with E-state index in [2.05, 4.69) is 11.8 Å². The van der Waals surface area contributed by atoms with E-state index in [0.29, 0.717) is 12.3 Å². The summed E-state index contributed by atoms with van der Waals surface area (Å²) in [6, 6.07) is 0. The van der Waals surface area contributed by atoms with E-state index in [9.17, 15) is 8.42 Å². The fourth-order valence-corrected chi connectivity index (χ4v) is 6.36. The number of hydrogen-bond donors (Lipinski definition) is 1. The molecule has 0 aromatic carbocycles. The van der Waals surface area contributed by atoms with Crippen LogP contribution in [0.2, 0.25) is 0 Å². The third kappa shape index (κ3) is 3.90. The van der Waals surface area contributed by atoms with E-state index in [1.165, 1.54) is 19.1 Å². The molecular weight excluding hydrogens is 292 g/mol. The molecule has 1 atom stereocenters. The standard InChI is InChI=1S/C14H28N2O2S2/c1-12-3-5-14(10-15,6-4-12)11-16-7-8-19-9-13(16)20(2,17)18/h12-13H,3-11,15H2,1-2H3. The van der Waals surface area contributed by atoms with Gasteiger partial charge in [-0.15, -0.1) is 0 Å². The van der Waals surface area contributed by atoms with E-state index in [1.807, 2.05) is 0 Å². The van der Waals surface area contributed by atoms with Crippen LogP contribution in [0.1, 0.15) is 32.6 Å². The Morgan fingerprint density at radius 1 is 1.35 bits per heavy atom. The smallest absolute Gasteiger partial charge is 0.164 e. The summed E-state index contributed by atoms with van der Waals surface area (Å²) >= 11 is 1.75. The van der Waals surface area contributed by atoms with E-state index < -0.39 is 9.84 Å². The molecule has 6 heteroatoms.